The molecule has 0 unspecified atom stereocenters. The average Bonchev–Trinajstić information content (AvgIpc) is 3.26. The molecule has 1 aliphatic heterocycles. The van der Waals surface area contributed by atoms with Crippen LogP contribution in [0.5, 0.6) is 0 Å². The molecule has 4 rings (SSSR count). The van der Waals surface area contributed by atoms with E-state index in [2.05, 4.69) is 20.2 Å². The van der Waals surface area contributed by atoms with Gasteiger partial charge in [-0.15, -0.1) is 0 Å². The summed E-state index contributed by atoms with van der Waals surface area (Å²) in [6.45, 7) is 0. The van der Waals surface area contributed by atoms with Crippen molar-refractivity contribution in [2.75, 3.05) is 11.5 Å². The summed E-state index contributed by atoms with van der Waals surface area (Å²) in [4.78, 5) is 8.64. The van der Waals surface area contributed by atoms with Gasteiger partial charge in [-0.25, -0.2) is 18.1 Å². The lowest BCUT2D eigenvalue weighted by Gasteiger charge is -2.10. The van der Waals surface area contributed by atoms with Crippen molar-refractivity contribution in [3.05, 3.63) is 36.9 Å². The maximum Gasteiger partial charge on any atom is 0.181 e. The first-order valence-electron chi connectivity index (χ1n) is 7.58. The van der Waals surface area contributed by atoms with Gasteiger partial charge in [0.2, 0.25) is 0 Å². The topological polar surface area (TPSA) is 95.6 Å². The predicted octanol–water partition coefficient (Wildman–Crippen LogP) is 1.10. The summed E-state index contributed by atoms with van der Waals surface area (Å²) in [5.74, 6) is 1.48. The maximum atomic E-state index is 11.9. The minimum absolute atomic E-state index is 0.0966. The molecule has 0 radical (unpaired) electrons. The molecule has 8 nitrogen and oxygen atoms in total. The number of hydrogen-bond acceptors (Lipinski definition) is 6. The third-order valence-electron chi connectivity index (χ3n) is 4.09. The second-order valence-corrected chi connectivity index (χ2v) is 8.13. The van der Waals surface area contributed by atoms with E-state index in [0.717, 1.165) is 11.1 Å². The van der Waals surface area contributed by atoms with E-state index in [4.69, 9.17) is 0 Å². The minimum Gasteiger partial charge on any atom is -0.275 e. The van der Waals surface area contributed by atoms with Crippen LogP contribution in [0.2, 0.25) is 0 Å². The van der Waals surface area contributed by atoms with Crippen LogP contribution in [0.15, 0.2) is 36.9 Å². The second-order valence-electron chi connectivity index (χ2n) is 5.90. The molecule has 124 valence electrons. The standard InChI is InChI=1S/C15H16N6O2S/c1-20-9-12(8-17-20)15-18-14(11-2-5-16-6-3-11)19-21(15)13-4-7-24(22,23)10-13/h2-3,5-6,8-9,13H,4,7,10H2,1H3/t13-/m0/s1. The van der Waals surface area contributed by atoms with Gasteiger partial charge in [0.15, 0.2) is 21.5 Å². The Morgan fingerprint density at radius 3 is 2.62 bits per heavy atom. The van der Waals surface area contributed by atoms with Crippen LogP contribution >= 0.6 is 0 Å². The predicted molar refractivity (Wildman–Crippen MR) is 87.8 cm³/mol. The summed E-state index contributed by atoms with van der Waals surface area (Å²) >= 11 is 0. The molecule has 0 bridgehead atoms. The molecule has 0 amide bonds. The lowest BCUT2D eigenvalue weighted by Crippen LogP contribution is -2.13. The summed E-state index contributed by atoms with van der Waals surface area (Å²) in [5.41, 5.74) is 1.66. The maximum absolute atomic E-state index is 11.9. The van der Waals surface area contributed by atoms with E-state index in [1.807, 2.05) is 25.4 Å². The van der Waals surface area contributed by atoms with Crippen molar-refractivity contribution in [3.63, 3.8) is 0 Å². The fourth-order valence-electron chi connectivity index (χ4n) is 2.90. The molecule has 0 saturated carbocycles. The molecule has 1 saturated heterocycles. The highest BCUT2D eigenvalue weighted by atomic mass is 32.2. The van der Waals surface area contributed by atoms with Crippen molar-refractivity contribution in [1.29, 1.82) is 0 Å². The first-order chi connectivity index (χ1) is 11.5. The van der Waals surface area contributed by atoms with Crippen molar-refractivity contribution in [1.82, 2.24) is 29.5 Å². The summed E-state index contributed by atoms with van der Waals surface area (Å²) in [6, 6.07) is 3.46. The number of nitrogens with zero attached hydrogens (tertiary/aromatic N) is 6. The molecular weight excluding hydrogens is 328 g/mol. The molecule has 9 heteroatoms. The van der Waals surface area contributed by atoms with Crippen LogP contribution in [0.3, 0.4) is 0 Å². The lowest BCUT2D eigenvalue weighted by molar-refractivity contribution is 0.505. The molecule has 3 aromatic heterocycles. The quantitative estimate of drug-likeness (QED) is 0.706. The van der Waals surface area contributed by atoms with Crippen LogP contribution < -0.4 is 0 Å². The largest absolute Gasteiger partial charge is 0.275 e. The molecule has 4 heterocycles. The highest BCUT2D eigenvalue weighted by Crippen LogP contribution is 2.30. The Bertz CT molecular complexity index is 977. The Hall–Kier alpha value is -2.55. The molecule has 24 heavy (non-hydrogen) atoms. The van der Waals surface area contributed by atoms with Crippen LogP contribution in [-0.2, 0) is 16.9 Å². The van der Waals surface area contributed by atoms with Gasteiger partial charge in [-0.1, -0.05) is 0 Å². The van der Waals surface area contributed by atoms with E-state index in [0.29, 0.717) is 18.1 Å². The highest BCUT2D eigenvalue weighted by Gasteiger charge is 2.32. The highest BCUT2D eigenvalue weighted by molar-refractivity contribution is 7.91. The zero-order valence-electron chi connectivity index (χ0n) is 13.1. The van der Waals surface area contributed by atoms with E-state index in [9.17, 15) is 8.42 Å². The van der Waals surface area contributed by atoms with Crippen LogP contribution in [0.1, 0.15) is 12.5 Å². The number of aryl methyl sites for hydroxylation is 1. The van der Waals surface area contributed by atoms with E-state index >= 15 is 0 Å². The van der Waals surface area contributed by atoms with Crippen molar-refractivity contribution >= 4 is 9.84 Å². The van der Waals surface area contributed by atoms with Gasteiger partial charge in [0.1, 0.15) is 0 Å². The number of rotatable bonds is 3. The van der Waals surface area contributed by atoms with Crippen molar-refractivity contribution in [2.45, 2.75) is 12.5 Å². The molecule has 3 aromatic rings. The van der Waals surface area contributed by atoms with Gasteiger partial charge in [-0.05, 0) is 18.6 Å². The molecule has 1 aliphatic rings. The Morgan fingerprint density at radius 2 is 2.00 bits per heavy atom. The van der Waals surface area contributed by atoms with E-state index in [-0.39, 0.29) is 17.5 Å². The molecule has 0 aliphatic carbocycles. The Morgan fingerprint density at radius 1 is 1.21 bits per heavy atom. The third kappa shape index (κ3) is 2.71. The van der Waals surface area contributed by atoms with Gasteiger partial charge < -0.3 is 0 Å². The number of aromatic nitrogens is 6. The normalized spacial score (nSPS) is 19.6. The molecule has 0 spiro atoms. The summed E-state index contributed by atoms with van der Waals surface area (Å²) in [5, 5.41) is 8.77. The Kier molecular flexibility index (Phi) is 3.45. The lowest BCUT2D eigenvalue weighted by atomic mass is 10.2. The first kappa shape index (κ1) is 15.0. The minimum atomic E-state index is -3.01. The smallest absolute Gasteiger partial charge is 0.181 e. The average molecular weight is 344 g/mol. The summed E-state index contributed by atoms with van der Waals surface area (Å²) in [7, 11) is -1.18. The van der Waals surface area contributed by atoms with Crippen LogP contribution in [0.4, 0.5) is 0 Å². The van der Waals surface area contributed by atoms with Crippen LogP contribution in [-0.4, -0.2) is 49.5 Å². The number of sulfone groups is 1. The molecular formula is C15H16N6O2S. The zero-order valence-corrected chi connectivity index (χ0v) is 13.9. The third-order valence-corrected chi connectivity index (χ3v) is 5.84. The van der Waals surface area contributed by atoms with E-state index in [1.54, 1.807) is 28.0 Å². The van der Waals surface area contributed by atoms with Crippen LogP contribution in [0.25, 0.3) is 22.8 Å². The summed E-state index contributed by atoms with van der Waals surface area (Å²) in [6.07, 6.45) is 7.47. The summed E-state index contributed by atoms with van der Waals surface area (Å²) < 4.78 is 27.1. The Labute approximate surface area is 139 Å². The van der Waals surface area contributed by atoms with Gasteiger partial charge >= 0.3 is 0 Å². The van der Waals surface area contributed by atoms with Gasteiger partial charge in [0.05, 0.1) is 29.3 Å². The second kappa shape index (κ2) is 5.52. The SMILES string of the molecule is Cn1cc(-c2nc(-c3ccncc3)nn2[C@H]2CCS(=O)(=O)C2)cn1. The van der Waals surface area contributed by atoms with Crippen molar-refractivity contribution < 1.29 is 8.42 Å². The molecule has 0 aromatic carbocycles. The fraction of sp³-hybridized carbons (Fsp3) is 0.333. The Balaban J connectivity index is 1.83. The zero-order chi connectivity index (χ0) is 16.7. The monoisotopic (exact) mass is 344 g/mol. The molecule has 1 atom stereocenters. The first-order valence-corrected chi connectivity index (χ1v) is 9.40. The van der Waals surface area contributed by atoms with Gasteiger partial charge in [-0.2, -0.15) is 10.2 Å². The van der Waals surface area contributed by atoms with Crippen molar-refractivity contribution in [2.24, 2.45) is 7.05 Å². The van der Waals surface area contributed by atoms with E-state index < -0.39 is 9.84 Å². The number of hydrogen-bond donors (Lipinski definition) is 0. The van der Waals surface area contributed by atoms with Gasteiger partial charge in [0.25, 0.3) is 0 Å². The van der Waals surface area contributed by atoms with Gasteiger partial charge in [0, 0.05) is 31.2 Å². The molecule has 1 fully saturated rings. The molecule has 0 N–H and O–H groups in total. The van der Waals surface area contributed by atoms with Crippen LogP contribution in [0, 0.1) is 0 Å². The van der Waals surface area contributed by atoms with Crippen molar-refractivity contribution in [3.8, 4) is 22.8 Å². The van der Waals surface area contributed by atoms with E-state index in [1.165, 1.54) is 0 Å². The number of pyridine rings is 1. The fourth-order valence-corrected chi connectivity index (χ4v) is 4.59. The van der Waals surface area contributed by atoms with Gasteiger partial charge in [-0.3, -0.25) is 9.67 Å².